The molecule has 3 aromatic rings. The van der Waals surface area contributed by atoms with E-state index in [0.29, 0.717) is 23.8 Å². The summed E-state index contributed by atoms with van der Waals surface area (Å²) in [4.78, 5) is 21.7. The normalized spacial score (nSPS) is 20.3. The number of likely N-dealkylation sites (tertiary alicyclic amines) is 1. The van der Waals surface area contributed by atoms with Crippen molar-refractivity contribution < 1.29 is 13.9 Å². The van der Waals surface area contributed by atoms with Gasteiger partial charge in [0.2, 0.25) is 17.7 Å². The van der Waals surface area contributed by atoms with Gasteiger partial charge in [0, 0.05) is 50.9 Å². The number of fused-ring (bicyclic) bond motifs is 1. The fraction of sp³-hybridized carbons (Fsp3) is 0.412. The molecular weight excluding hydrogens is 371 g/mol. The van der Waals surface area contributed by atoms with Gasteiger partial charge in [-0.05, 0) is 13.0 Å². The standard InChI is InChI=1S/C17H19FN6O2S/c1-10-7-12(26-15-4-3-14-19-5-6-24(14)22-15)8-23(10)9-13-16(18)21-17(27-13)20-11(2)25/h3-6,10,12H,7-9H2,1-2H3,(H,20,21,25)/t10-,12+/m0/s1. The Labute approximate surface area is 159 Å². The van der Waals surface area contributed by atoms with Crippen LogP contribution in [0.1, 0.15) is 25.1 Å². The van der Waals surface area contributed by atoms with Gasteiger partial charge in [0.15, 0.2) is 10.8 Å². The second-order valence-electron chi connectivity index (χ2n) is 6.57. The van der Waals surface area contributed by atoms with Crippen molar-refractivity contribution in [1.82, 2.24) is 24.5 Å². The van der Waals surface area contributed by atoms with Gasteiger partial charge in [-0.25, -0.2) is 9.50 Å². The van der Waals surface area contributed by atoms with Crippen LogP contribution in [0.2, 0.25) is 0 Å². The molecule has 8 nitrogen and oxygen atoms in total. The Hall–Kier alpha value is -2.59. The number of anilines is 1. The number of aromatic nitrogens is 4. The second-order valence-corrected chi connectivity index (χ2v) is 7.65. The SMILES string of the molecule is CC(=O)Nc1nc(F)c(CN2C[C@H](Oc3ccc4nccn4n3)C[C@@H]2C)s1. The zero-order valence-electron chi connectivity index (χ0n) is 14.9. The number of hydrogen-bond acceptors (Lipinski definition) is 7. The third-order valence-corrected chi connectivity index (χ3v) is 5.39. The summed E-state index contributed by atoms with van der Waals surface area (Å²) in [6.45, 7) is 4.55. The van der Waals surface area contributed by atoms with Crippen LogP contribution in [-0.2, 0) is 11.3 Å². The van der Waals surface area contributed by atoms with E-state index in [1.54, 1.807) is 23.0 Å². The lowest BCUT2D eigenvalue weighted by atomic mass is 10.2. The van der Waals surface area contributed by atoms with Crippen molar-refractivity contribution in [2.75, 3.05) is 11.9 Å². The molecule has 1 fully saturated rings. The molecule has 0 bridgehead atoms. The van der Waals surface area contributed by atoms with Gasteiger partial charge in [0.25, 0.3) is 0 Å². The van der Waals surface area contributed by atoms with Crippen LogP contribution < -0.4 is 10.1 Å². The highest BCUT2D eigenvalue weighted by Crippen LogP contribution is 2.28. The fourth-order valence-electron chi connectivity index (χ4n) is 3.20. The molecule has 1 aliphatic rings. The van der Waals surface area contributed by atoms with E-state index in [1.807, 2.05) is 6.07 Å². The zero-order chi connectivity index (χ0) is 19.0. The Balaban J connectivity index is 1.40. The Kier molecular flexibility index (Phi) is 4.75. The number of carbonyl (C=O) groups excluding carboxylic acids is 1. The molecule has 1 N–H and O–H groups in total. The Morgan fingerprint density at radius 3 is 3.15 bits per heavy atom. The zero-order valence-corrected chi connectivity index (χ0v) is 15.7. The number of nitrogens with zero attached hydrogens (tertiary/aromatic N) is 5. The number of hydrogen-bond donors (Lipinski definition) is 1. The molecule has 1 amide bonds. The Morgan fingerprint density at radius 2 is 2.33 bits per heavy atom. The molecular formula is C17H19FN6O2S. The first-order valence-electron chi connectivity index (χ1n) is 8.62. The first kappa shape index (κ1) is 17.8. The van der Waals surface area contributed by atoms with Gasteiger partial charge in [-0.2, -0.15) is 9.37 Å². The van der Waals surface area contributed by atoms with E-state index in [0.717, 1.165) is 23.4 Å². The number of thiazole rings is 1. The lowest BCUT2D eigenvalue weighted by molar-refractivity contribution is -0.114. The van der Waals surface area contributed by atoms with Gasteiger partial charge in [0.05, 0.1) is 4.88 Å². The largest absolute Gasteiger partial charge is 0.472 e. The predicted octanol–water partition coefficient (Wildman–Crippen LogP) is 2.33. The third-order valence-electron chi connectivity index (χ3n) is 4.46. The minimum absolute atomic E-state index is 0.0285. The van der Waals surface area contributed by atoms with Crippen LogP contribution >= 0.6 is 11.3 Å². The van der Waals surface area contributed by atoms with Crippen LogP contribution in [0.5, 0.6) is 5.88 Å². The van der Waals surface area contributed by atoms with E-state index < -0.39 is 5.95 Å². The number of rotatable bonds is 5. The fourth-order valence-corrected chi connectivity index (χ4v) is 4.12. The van der Waals surface area contributed by atoms with Crippen LogP contribution in [-0.4, -0.2) is 49.1 Å². The van der Waals surface area contributed by atoms with Crippen molar-refractivity contribution in [3.63, 3.8) is 0 Å². The molecule has 142 valence electrons. The molecule has 3 aromatic heterocycles. The van der Waals surface area contributed by atoms with E-state index in [4.69, 9.17) is 4.74 Å². The summed E-state index contributed by atoms with van der Waals surface area (Å²) in [5.41, 5.74) is 0.763. The van der Waals surface area contributed by atoms with Gasteiger partial charge in [0.1, 0.15) is 6.10 Å². The summed E-state index contributed by atoms with van der Waals surface area (Å²) in [6, 6.07) is 3.89. The van der Waals surface area contributed by atoms with Gasteiger partial charge in [-0.15, -0.1) is 5.10 Å². The number of carbonyl (C=O) groups is 1. The van der Waals surface area contributed by atoms with Gasteiger partial charge in [-0.1, -0.05) is 11.3 Å². The number of imidazole rings is 1. The van der Waals surface area contributed by atoms with Gasteiger partial charge < -0.3 is 10.1 Å². The van der Waals surface area contributed by atoms with Gasteiger partial charge >= 0.3 is 0 Å². The summed E-state index contributed by atoms with van der Waals surface area (Å²) in [6.07, 6.45) is 4.25. The summed E-state index contributed by atoms with van der Waals surface area (Å²) in [7, 11) is 0. The topological polar surface area (TPSA) is 84.7 Å². The van der Waals surface area contributed by atoms with Crippen molar-refractivity contribution in [2.24, 2.45) is 0 Å². The first-order valence-corrected chi connectivity index (χ1v) is 9.43. The third kappa shape index (κ3) is 3.91. The maximum absolute atomic E-state index is 14.1. The van der Waals surface area contributed by atoms with E-state index in [2.05, 4.69) is 32.2 Å². The minimum Gasteiger partial charge on any atom is -0.472 e. The van der Waals surface area contributed by atoms with Gasteiger partial charge in [-0.3, -0.25) is 9.69 Å². The maximum Gasteiger partial charge on any atom is 0.232 e. The monoisotopic (exact) mass is 390 g/mol. The molecule has 0 aromatic carbocycles. The lowest BCUT2D eigenvalue weighted by Crippen LogP contribution is -2.28. The van der Waals surface area contributed by atoms with E-state index in [-0.39, 0.29) is 23.2 Å². The van der Waals surface area contributed by atoms with Crippen LogP contribution in [0, 0.1) is 5.95 Å². The quantitative estimate of drug-likeness (QED) is 0.720. The smallest absolute Gasteiger partial charge is 0.232 e. The molecule has 0 spiro atoms. The molecule has 2 atom stereocenters. The molecule has 1 aliphatic heterocycles. The Bertz CT molecular complexity index is 973. The van der Waals surface area contributed by atoms with Crippen molar-refractivity contribution in [2.45, 2.75) is 39.0 Å². The average molecular weight is 390 g/mol. The molecule has 0 unspecified atom stereocenters. The lowest BCUT2D eigenvalue weighted by Gasteiger charge is -2.19. The Morgan fingerprint density at radius 1 is 1.48 bits per heavy atom. The molecule has 0 radical (unpaired) electrons. The highest BCUT2D eigenvalue weighted by atomic mass is 32.1. The highest BCUT2D eigenvalue weighted by Gasteiger charge is 2.32. The molecule has 4 heterocycles. The van der Waals surface area contributed by atoms with Crippen molar-refractivity contribution in [3.05, 3.63) is 35.4 Å². The van der Waals surface area contributed by atoms with Crippen LogP contribution in [0.3, 0.4) is 0 Å². The molecule has 0 aliphatic carbocycles. The second kappa shape index (κ2) is 7.20. The van der Waals surface area contributed by atoms with E-state index >= 15 is 0 Å². The highest BCUT2D eigenvalue weighted by molar-refractivity contribution is 7.15. The summed E-state index contributed by atoms with van der Waals surface area (Å²) in [5.74, 6) is -0.260. The molecule has 27 heavy (non-hydrogen) atoms. The molecule has 1 saturated heterocycles. The van der Waals surface area contributed by atoms with Crippen molar-refractivity contribution in [1.29, 1.82) is 0 Å². The number of amides is 1. The van der Waals surface area contributed by atoms with Crippen molar-refractivity contribution in [3.8, 4) is 5.88 Å². The number of ether oxygens (including phenoxy) is 1. The summed E-state index contributed by atoms with van der Waals surface area (Å²) < 4.78 is 21.8. The maximum atomic E-state index is 14.1. The predicted molar refractivity (Wildman–Crippen MR) is 98.3 cm³/mol. The van der Waals surface area contributed by atoms with Crippen LogP contribution in [0.4, 0.5) is 9.52 Å². The summed E-state index contributed by atoms with van der Waals surface area (Å²) in [5, 5.41) is 7.19. The first-order chi connectivity index (χ1) is 13.0. The number of nitrogens with one attached hydrogen (secondary N) is 1. The van der Waals surface area contributed by atoms with E-state index in [9.17, 15) is 9.18 Å². The molecule has 0 saturated carbocycles. The average Bonchev–Trinajstić information content (AvgIpc) is 3.28. The minimum atomic E-state index is -0.535. The molecule has 4 rings (SSSR count). The van der Waals surface area contributed by atoms with Crippen LogP contribution in [0.15, 0.2) is 24.5 Å². The van der Waals surface area contributed by atoms with Crippen LogP contribution in [0.25, 0.3) is 5.65 Å². The number of halogens is 1. The van der Waals surface area contributed by atoms with Crippen molar-refractivity contribution >= 4 is 28.0 Å². The summed E-state index contributed by atoms with van der Waals surface area (Å²) >= 11 is 1.16. The van der Waals surface area contributed by atoms with E-state index in [1.165, 1.54) is 6.92 Å². The molecule has 10 heteroatoms.